The molecule has 0 aliphatic carbocycles. The maximum absolute atomic E-state index is 14.9. The smallest absolute Gasteiger partial charge is 0.389 e. The zero-order chi connectivity index (χ0) is 19.4. The number of hydrogen-bond acceptors (Lipinski definition) is 6. The molecule has 16 heteroatoms. The number of nitrogens with one attached hydrogen (secondary N) is 1. The van der Waals surface area contributed by atoms with E-state index in [9.17, 15) is 28.0 Å². The number of ether oxygens (including phenoxy) is 1. The molecule has 0 unspecified atom stereocenters. The highest BCUT2D eigenvalue weighted by Gasteiger charge is 2.62. The highest BCUT2D eigenvalue weighted by atomic mass is 31.2. The standard InChI is InChI=1S/C9H8B3F2N2O8P/c10-8(16-2-3(13)5(18)15-6(16)19)4(17)1-7(14,23-8)9(11,12)24-25(20,21)22/h2,4,17H,1H2,(H,15,18,19)(H2,20,21,22)/t4-,7+,8+/m1/s1. The summed E-state index contributed by atoms with van der Waals surface area (Å²) in [6, 6.07) is 0. The maximum atomic E-state index is 14.9. The molecule has 25 heavy (non-hydrogen) atoms. The Morgan fingerprint density at radius 3 is 2.56 bits per heavy atom. The third-order valence-electron chi connectivity index (χ3n) is 3.39. The molecule has 6 radical (unpaired) electrons. The van der Waals surface area contributed by atoms with E-state index in [1.54, 1.807) is 0 Å². The third-order valence-corrected chi connectivity index (χ3v) is 3.93. The number of phosphoric acid groups is 1. The Bertz CT molecular complexity index is 858. The van der Waals surface area contributed by atoms with E-state index in [2.05, 4.69) is 9.26 Å². The van der Waals surface area contributed by atoms with Gasteiger partial charge in [0.15, 0.2) is 0 Å². The second-order valence-corrected chi connectivity index (χ2v) is 6.45. The Kier molecular flexibility index (Phi) is 4.74. The quantitative estimate of drug-likeness (QED) is 0.322. The van der Waals surface area contributed by atoms with Gasteiger partial charge in [0.1, 0.15) is 29.2 Å². The van der Waals surface area contributed by atoms with Crippen LogP contribution in [-0.4, -0.2) is 65.3 Å². The molecule has 1 aliphatic rings. The first-order valence-corrected chi connectivity index (χ1v) is 7.86. The Morgan fingerprint density at radius 1 is 1.48 bits per heavy atom. The molecule has 1 aromatic rings. The molecular weight excluding hydrogens is 366 g/mol. The van der Waals surface area contributed by atoms with E-state index in [0.717, 1.165) is 0 Å². The lowest BCUT2D eigenvalue weighted by molar-refractivity contribution is -0.219. The zero-order valence-electron chi connectivity index (χ0n) is 12.1. The molecule has 0 amide bonds. The van der Waals surface area contributed by atoms with E-state index in [0.29, 0.717) is 0 Å². The summed E-state index contributed by atoms with van der Waals surface area (Å²) in [5.41, 5.74) is -5.63. The normalized spacial score (nSPS) is 30.5. The zero-order valence-corrected chi connectivity index (χ0v) is 13.0. The van der Waals surface area contributed by atoms with Crippen LogP contribution in [-0.2, 0) is 19.4 Å². The van der Waals surface area contributed by atoms with E-state index in [4.69, 9.17) is 33.3 Å². The van der Waals surface area contributed by atoms with Gasteiger partial charge in [-0.15, -0.1) is 0 Å². The minimum atomic E-state index is -5.41. The van der Waals surface area contributed by atoms with Crippen LogP contribution in [0.5, 0.6) is 0 Å². The average Bonchev–Trinajstić information content (AvgIpc) is 2.63. The molecule has 0 bridgehead atoms. The summed E-state index contributed by atoms with van der Waals surface area (Å²) in [5.74, 6) is -5.04. The highest BCUT2D eigenvalue weighted by molar-refractivity contribution is 7.46. The van der Waals surface area contributed by atoms with Crippen LogP contribution >= 0.6 is 7.82 Å². The molecule has 10 nitrogen and oxygen atoms in total. The summed E-state index contributed by atoms with van der Waals surface area (Å²) >= 11 is 0. The fourth-order valence-electron chi connectivity index (χ4n) is 2.18. The van der Waals surface area contributed by atoms with Gasteiger partial charge in [0.2, 0.25) is 11.7 Å². The molecule has 1 aliphatic heterocycles. The fourth-order valence-corrected chi connectivity index (χ4v) is 2.71. The van der Waals surface area contributed by atoms with Gasteiger partial charge in [0, 0.05) is 6.42 Å². The molecule has 2 heterocycles. The van der Waals surface area contributed by atoms with Gasteiger partial charge in [0.05, 0.1) is 17.7 Å². The van der Waals surface area contributed by atoms with Crippen molar-refractivity contribution in [3.05, 3.63) is 32.9 Å². The van der Waals surface area contributed by atoms with Gasteiger partial charge in [-0.25, -0.2) is 13.8 Å². The lowest BCUT2D eigenvalue weighted by Crippen LogP contribution is -2.56. The Hall–Kier alpha value is -1.24. The molecule has 130 valence electrons. The molecule has 4 N–H and O–H groups in total. The number of nitrogens with zero attached hydrogens (tertiary/aromatic N) is 1. The maximum Gasteiger partial charge on any atom is 0.468 e. The van der Waals surface area contributed by atoms with Gasteiger partial charge in [-0.2, -0.15) is 4.39 Å². The number of alkyl halides is 1. The van der Waals surface area contributed by atoms with Crippen molar-refractivity contribution in [2.45, 2.75) is 29.4 Å². The number of hydrogen-bond donors (Lipinski definition) is 4. The van der Waals surface area contributed by atoms with Crippen LogP contribution in [0.25, 0.3) is 0 Å². The van der Waals surface area contributed by atoms with Crippen molar-refractivity contribution in [1.29, 1.82) is 0 Å². The average molecular weight is 374 g/mol. The molecular formula is C9H8B3F2N2O8P. The summed E-state index contributed by atoms with van der Waals surface area (Å²) < 4.78 is 47.8. The van der Waals surface area contributed by atoms with Gasteiger partial charge in [-0.1, -0.05) is 0 Å². The van der Waals surface area contributed by atoms with Crippen molar-refractivity contribution in [3.63, 3.8) is 0 Å². The summed E-state index contributed by atoms with van der Waals surface area (Å²) in [7, 11) is 10.5. The molecule has 0 aromatic carbocycles. The van der Waals surface area contributed by atoms with Crippen LogP contribution in [0.2, 0.25) is 0 Å². The molecule has 0 saturated carbocycles. The lowest BCUT2D eigenvalue weighted by Gasteiger charge is -2.39. The molecule has 0 spiro atoms. The van der Waals surface area contributed by atoms with E-state index < -0.39 is 54.3 Å². The molecule has 3 atom stereocenters. The first kappa shape index (κ1) is 20.1. The van der Waals surface area contributed by atoms with Crippen LogP contribution in [0.1, 0.15) is 6.42 Å². The van der Waals surface area contributed by atoms with Gasteiger partial charge in [0.25, 0.3) is 5.56 Å². The predicted octanol–water partition coefficient (Wildman–Crippen LogP) is -3.00. The molecule has 1 saturated heterocycles. The summed E-state index contributed by atoms with van der Waals surface area (Å²) in [4.78, 5) is 41.7. The second-order valence-electron chi connectivity index (χ2n) is 5.28. The van der Waals surface area contributed by atoms with Crippen molar-refractivity contribution >= 4 is 31.4 Å². The molecule has 1 aromatic heterocycles. The Balaban J connectivity index is 2.50. The van der Waals surface area contributed by atoms with E-state index in [1.165, 1.54) is 4.98 Å². The van der Waals surface area contributed by atoms with Crippen LogP contribution in [0.4, 0.5) is 8.78 Å². The lowest BCUT2D eigenvalue weighted by atomic mass is 9.60. The van der Waals surface area contributed by atoms with Crippen LogP contribution in [0.3, 0.4) is 0 Å². The van der Waals surface area contributed by atoms with Crippen LogP contribution in [0, 0.1) is 5.82 Å². The van der Waals surface area contributed by atoms with Crippen molar-refractivity contribution in [1.82, 2.24) is 9.55 Å². The van der Waals surface area contributed by atoms with E-state index in [-0.39, 0.29) is 10.8 Å². The number of halogens is 2. The Labute approximate surface area is 141 Å². The van der Waals surface area contributed by atoms with Gasteiger partial charge >= 0.3 is 13.5 Å². The minimum Gasteiger partial charge on any atom is -0.389 e. The van der Waals surface area contributed by atoms with E-state index >= 15 is 0 Å². The Morgan fingerprint density at radius 2 is 2.04 bits per heavy atom. The van der Waals surface area contributed by atoms with Crippen LogP contribution in [0.15, 0.2) is 15.8 Å². The predicted molar refractivity (Wildman–Crippen MR) is 77.9 cm³/mol. The van der Waals surface area contributed by atoms with Crippen molar-refractivity contribution in [2.24, 2.45) is 0 Å². The minimum absolute atomic E-state index is 0.114. The van der Waals surface area contributed by atoms with Crippen molar-refractivity contribution < 1.29 is 37.5 Å². The largest absolute Gasteiger partial charge is 0.468 e. The van der Waals surface area contributed by atoms with Crippen molar-refractivity contribution in [3.8, 4) is 0 Å². The topological polar surface area (TPSA) is 151 Å². The summed E-state index contributed by atoms with van der Waals surface area (Å²) in [6.45, 7) is 0. The number of rotatable bonds is 4. The second kappa shape index (κ2) is 5.90. The van der Waals surface area contributed by atoms with Gasteiger partial charge in [-0.3, -0.25) is 18.9 Å². The monoisotopic (exact) mass is 374 g/mol. The van der Waals surface area contributed by atoms with Gasteiger partial charge in [-0.05, 0) is 0 Å². The van der Waals surface area contributed by atoms with Crippen LogP contribution < -0.4 is 11.2 Å². The highest BCUT2D eigenvalue weighted by Crippen LogP contribution is 2.50. The first-order valence-electron chi connectivity index (χ1n) is 6.33. The number of aliphatic hydroxyl groups excluding tert-OH is 1. The number of aromatic amines is 1. The number of aliphatic hydroxyl groups is 1. The molecule has 2 rings (SSSR count). The third kappa shape index (κ3) is 3.53. The summed E-state index contributed by atoms with van der Waals surface area (Å²) in [6.07, 6.45) is -3.11. The van der Waals surface area contributed by atoms with Crippen molar-refractivity contribution in [2.75, 3.05) is 0 Å². The number of H-pyrrole nitrogens is 1. The fraction of sp³-hybridized carbons (Fsp3) is 0.556. The van der Waals surface area contributed by atoms with Gasteiger partial charge < -0.3 is 19.6 Å². The van der Waals surface area contributed by atoms with E-state index in [1.807, 2.05) is 0 Å². The number of aromatic nitrogens is 2. The first-order chi connectivity index (χ1) is 11.1. The molecule has 1 fully saturated rings. The number of phosphoric ester groups is 1. The summed E-state index contributed by atoms with van der Waals surface area (Å²) in [5, 5.41) is 6.64. The SMILES string of the molecule is [B]C([B])(OP(=O)(O)O)[C@]1(F)C[C@@H](O)[C@]([B])(n2cc(F)c(=O)[nH]c2=O)O1.